The summed E-state index contributed by atoms with van der Waals surface area (Å²) in [7, 11) is 0. The first-order valence-corrected chi connectivity index (χ1v) is 5.81. The fraction of sp³-hybridized carbons (Fsp3) is 0.300. The standard InChI is InChI=1S/C10H12BrClN2O/c1-2-15-9-5-7(11)3-4-8(9)14-10(13)6-12/h3-5H,2,6H2,1H3,(H2,13,14). The molecule has 0 aliphatic rings. The first kappa shape index (κ1) is 12.3. The summed E-state index contributed by atoms with van der Waals surface area (Å²) in [5, 5.41) is 0. The van der Waals surface area contributed by atoms with Crippen molar-refractivity contribution in [1.29, 1.82) is 0 Å². The molecule has 0 saturated carbocycles. The highest BCUT2D eigenvalue weighted by Gasteiger charge is 2.03. The van der Waals surface area contributed by atoms with Gasteiger partial charge in [0.15, 0.2) is 0 Å². The fourth-order valence-electron chi connectivity index (χ4n) is 1.04. The number of halogens is 2. The highest BCUT2D eigenvalue weighted by molar-refractivity contribution is 9.10. The molecular formula is C10H12BrClN2O. The van der Waals surface area contributed by atoms with Gasteiger partial charge < -0.3 is 10.5 Å². The number of rotatable bonds is 4. The zero-order chi connectivity index (χ0) is 11.3. The van der Waals surface area contributed by atoms with Crippen LogP contribution < -0.4 is 10.5 Å². The summed E-state index contributed by atoms with van der Waals surface area (Å²) < 4.78 is 6.37. The first-order chi connectivity index (χ1) is 7.17. The average molecular weight is 292 g/mol. The highest BCUT2D eigenvalue weighted by Crippen LogP contribution is 2.30. The minimum atomic E-state index is 0.210. The van der Waals surface area contributed by atoms with E-state index in [4.69, 9.17) is 22.1 Å². The van der Waals surface area contributed by atoms with E-state index in [9.17, 15) is 0 Å². The Labute approximate surface area is 102 Å². The lowest BCUT2D eigenvalue weighted by atomic mass is 10.3. The van der Waals surface area contributed by atoms with Gasteiger partial charge in [0.2, 0.25) is 0 Å². The van der Waals surface area contributed by atoms with Gasteiger partial charge in [-0.1, -0.05) is 15.9 Å². The highest BCUT2D eigenvalue weighted by atomic mass is 79.9. The van der Waals surface area contributed by atoms with Gasteiger partial charge in [-0.3, -0.25) is 0 Å². The van der Waals surface area contributed by atoms with Crippen LogP contribution >= 0.6 is 27.5 Å². The zero-order valence-electron chi connectivity index (χ0n) is 8.34. The van der Waals surface area contributed by atoms with Crippen LogP contribution in [0.1, 0.15) is 6.92 Å². The summed E-state index contributed by atoms with van der Waals surface area (Å²) >= 11 is 8.92. The van der Waals surface area contributed by atoms with Crippen molar-refractivity contribution in [2.45, 2.75) is 6.92 Å². The predicted octanol–water partition coefficient (Wildman–Crippen LogP) is 3.08. The van der Waals surface area contributed by atoms with Gasteiger partial charge in [-0.15, -0.1) is 11.6 Å². The van der Waals surface area contributed by atoms with Gasteiger partial charge in [0, 0.05) is 4.47 Å². The second-order valence-electron chi connectivity index (χ2n) is 2.78. The van der Waals surface area contributed by atoms with E-state index in [1.807, 2.05) is 25.1 Å². The molecule has 0 saturated heterocycles. The lowest BCUT2D eigenvalue weighted by molar-refractivity contribution is 0.341. The van der Waals surface area contributed by atoms with Crippen molar-refractivity contribution in [3.63, 3.8) is 0 Å². The normalized spacial score (nSPS) is 11.5. The summed E-state index contributed by atoms with van der Waals surface area (Å²) in [5.41, 5.74) is 6.25. The SMILES string of the molecule is CCOc1cc(Br)ccc1N=C(N)CCl. The summed E-state index contributed by atoms with van der Waals surface area (Å²) in [6.45, 7) is 2.50. The van der Waals surface area contributed by atoms with E-state index < -0.39 is 0 Å². The quantitative estimate of drug-likeness (QED) is 0.526. The van der Waals surface area contributed by atoms with E-state index in [1.54, 1.807) is 0 Å². The van der Waals surface area contributed by atoms with Crippen LogP contribution in [-0.4, -0.2) is 18.3 Å². The maximum absolute atomic E-state index is 5.56. The van der Waals surface area contributed by atoms with Gasteiger partial charge in [0.05, 0.1) is 12.5 Å². The monoisotopic (exact) mass is 290 g/mol. The summed E-state index contributed by atoms with van der Waals surface area (Å²) in [6.07, 6.45) is 0. The number of ether oxygens (including phenoxy) is 1. The Bertz CT molecular complexity index is 368. The average Bonchev–Trinajstić information content (AvgIpc) is 2.22. The molecular weight excluding hydrogens is 279 g/mol. The van der Waals surface area contributed by atoms with Crippen LogP contribution in [0.3, 0.4) is 0 Å². The molecule has 0 amide bonds. The number of amidine groups is 1. The molecule has 0 spiro atoms. The van der Waals surface area contributed by atoms with Gasteiger partial charge >= 0.3 is 0 Å². The Morgan fingerprint density at radius 1 is 1.60 bits per heavy atom. The van der Waals surface area contributed by atoms with Crippen LogP contribution in [0.15, 0.2) is 27.7 Å². The third-order valence-corrected chi connectivity index (χ3v) is 2.39. The van der Waals surface area contributed by atoms with Crippen molar-refractivity contribution in [3.8, 4) is 5.75 Å². The van der Waals surface area contributed by atoms with Crippen molar-refractivity contribution in [1.82, 2.24) is 0 Å². The van der Waals surface area contributed by atoms with E-state index in [0.29, 0.717) is 23.9 Å². The molecule has 15 heavy (non-hydrogen) atoms. The van der Waals surface area contributed by atoms with Gasteiger partial charge in [-0.05, 0) is 25.1 Å². The minimum Gasteiger partial charge on any atom is -0.492 e. The third kappa shape index (κ3) is 3.72. The smallest absolute Gasteiger partial charge is 0.146 e. The second kappa shape index (κ2) is 5.98. The fourth-order valence-corrected chi connectivity index (χ4v) is 1.44. The lowest BCUT2D eigenvalue weighted by Crippen LogP contribution is -2.12. The van der Waals surface area contributed by atoms with Crippen LogP contribution in [-0.2, 0) is 0 Å². The Hall–Kier alpha value is -0.740. The molecule has 2 N–H and O–H groups in total. The number of nitrogens with zero attached hydrogens (tertiary/aromatic N) is 1. The number of alkyl halides is 1. The van der Waals surface area contributed by atoms with E-state index in [2.05, 4.69) is 20.9 Å². The molecule has 0 radical (unpaired) electrons. The van der Waals surface area contributed by atoms with Gasteiger partial charge in [0.1, 0.15) is 17.3 Å². The van der Waals surface area contributed by atoms with Crippen LogP contribution in [0.4, 0.5) is 5.69 Å². The Balaban J connectivity index is 3.05. The molecule has 1 aromatic rings. The van der Waals surface area contributed by atoms with Crippen molar-refractivity contribution in [2.24, 2.45) is 10.7 Å². The molecule has 0 bridgehead atoms. The lowest BCUT2D eigenvalue weighted by Gasteiger charge is -2.07. The van der Waals surface area contributed by atoms with Crippen molar-refractivity contribution < 1.29 is 4.74 Å². The first-order valence-electron chi connectivity index (χ1n) is 4.48. The van der Waals surface area contributed by atoms with Gasteiger partial charge in [-0.25, -0.2) is 4.99 Å². The number of aliphatic imine (C=N–C) groups is 1. The molecule has 0 unspecified atom stereocenters. The second-order valence-corrected chi connectivity index (χ2v) is 3.96. The van der Waals surface area contributed by atoms with Crippen molar-refractivity contribution in [3.05, 3.63) is 22.7 Å². The van der Waals surface area contributed by atoms with E-state index in [0.717, 1.165) is 4.47 Å². The zero-order valence-corrected chi connectivity index (χ0v) is 10.7. The molecule has 5 heteroatoms. The molecule has 0 fully saturated rings. The molecule has 3 nitrogen and oxygen atoms in total. The van der Waals surface area contributed by atoms with E-state index in [1.165, 1.54) is 0 Å². The van der Waals surface area contributed by atoms with Crippen LogP contribution in [0.5, 0.6) is 5.75 Å². The third-order valence-electron chi connectivity index (χ3n) is 1.62. The predicted molar refractivity (Wildman–Crippen MR) is 67.3 cm³/mol. The molecule has 1 aromatic carbocycles. The van der Waals surface area contributed by atoms with Crippen LogP contribution in [0, 0.1) is 0 Å². The van der Waals surface area contributed by atoms with Crippen molar-refractivity contribution >= 4 is 39.1 Å². The Kier molecular flexibility index (Phi) is 4.91. The molecule has 0 aliphatic carbocycles. The van der Waals surface area contributed by atoms with Gasteiger partial charge in [0.25, 0.3) is 0 Å². The van der Waals surface area contributed by atoms with E-state index in [-0.39, 0.29) is 5.88 Å². The van der Waals surface area contributed by atoms with Crippen LogP contribution in [0.25, 0.3) is 0 Å². The summed E-state index contributed by atoms with van der Waals surface area (Å²) in [6, 6.07) is 5.56. The number of nitrogens with two attached hydrogens (primary N) is 1. The molecule has 0 atom stereocenters. The molecule has 1 rings (SSSR count). The molecule has 0 heterocycles. The molecule has 0 aliphatic heterocycles. The molecule has 82 valence electrons. The maximum Gasteiger partial charge on any atom is 0.146 e. The Morgan fingerprint density at radius 3 is 2.93 bits per heavy atom. The summed E-state index contributed by atoms with van der Waals surface area (Å²) in [4.78, 5) is 4.15. The topological polar surface area (TPSA) is 47.6 Å². The minimum absolute atomic E-state index is 0.210. The summed E-state index contributed by atoms with van der Waals surface area (Å²) in [5.74, 6) is 1.28. The molecule has 0 aromatic heterocycles. The van der Waals surface area contributed by atoms with Gasteiger partial charge in [-0.2, -0.15) is 0 Å². The van der Waals surface area contributed by atoms with E-state index >= 15 is 0 Å². The van der Waals surface area contributed by atoms with Crippen molar-refractivity contribution in [2.75, 3.05) is 12.5 Å². The van der Waals surface area contributed by atoms with Crippen LogP contribution in [0.2, 0.25) is 0 Å². The number of hydrogen-bond donors (Lipinski definition) is 1. The Morgan fingerprint density at radius 2 is 2.33 bits per heavy atom. The number of hydrogen-bond acceptors (Lipinski definition) is 2. The largest absolute Gasteiger partial charge is 0.492 e. The number of benzene rings is 1. The maximum atomic E-state index is 5.56.